The number of aromatic hydroxyl groups is 1. The molecular formula is C18H22N6O3. The second kappa shape index (κ2) is 7.48. The molecule has 27 heavy (non-hydrogen) atoms. The zero-order valence-corrected chi connectivity index (χ0v) is 15.5. The molecule has 2 aromatic heterocycles. The molecule has 142 valence electrons. The summed E-state index contributed by atoms with van der Waals surface area (Å²) in [6.07, 6.45) is 1.79. The van der Waals surface area contributed by atoms with Crippen LogP contribution < -0.4 is 16.7 Å². The first-order valence-electron chi connectivity index (χ1n) is 8.71. The number of aromatic nitrogens is 4. The summed E-state index contributed by atoms with van der Waals surface area (Å²) in [5.74, 6) is 0.573. The molecule has 0 fully saturated rings. The predicted molar refractivity (Wildman–Crippen MR) is 104 cm³/mol. The van der Waals surface area contributed by atoms with Gasteiger partial charge in [0.2, 0.25) is 5.95 Å². The van der Waals surface area contributed by atoms with Crippen LogP contribution >= 0.6 is 0 Å². The summed E-state index contributed by atoms with van der Waals surface area (Å²) in [5, 5.41) is 13.7. The number of hydrogen-bond acceptors (Lipinski definition) is 6. The number of rotatable bonds is 6. The molecule has 3 N–H and O–H groups in total. The first-order chi connectivity index (χ1) is 12.9. The molecule has 0 aliphatic heterocycles. The molecule has 3 aromatic rings. The van der Waals surface area contributed by atoms with Gasteiger partial charge in [0.05, 0.1) is 5.71 Å². The highest BCUT2D eigenvalue weighted by Crippen LogP contribution is 2.17. The summed E-state index contributed by atoms with van der Waals surface area (Å²) in [5.41, 5.74) is 4.09. The van der Waals surface area contributed by atoms with Crippen LogP contribution in [0, 0.1) is 0 Å². The summed E-state index contributed by atoms with van der Waals surface area (Å²) in [7, 11) is 1.56. The van der Waals surface area contributed by atoms with E-state index in [1.54, 1.807) is 35.9 Å². The molecule has 0 atom stereocenters. The summed E-state index contributed by atoms with van der Waals surface area (Å²) >= 11 is 0. The van der Waals surface area contributed by atoms with Crippen molar-refractivity contribution in [2.24, 2.45) is 12.1 Å². The van der Waals surface area contributed by atoms with Crippen LogP contribution in [0.1, 0.15) is 32.3 Å². The zero-order valence-electron chi connectivity index (χ0n) is 15.5. The number of unbranched alkanes of at least 4 members (excludes halogenated alkanes) is 1. The average Bonchev–Trinajstić information content (AvgIpc) is 3.02. The lowest BCUT2D eigenvalue weighted by Crippen LogP contribution is -2.29. The van der Waals surface area contributed by atoms with Crippen LogP contribution in [0.25, 0.3) is 11.2 Å². The van der Waals surface area contributed by atoms with Gasteiger partial charge in [-0.2, -0.15) is 10.1 Å². The normalized spacial score (nSPS) is 11.9. The third-order valence-electron chi connectivity index (χ3n) is 4.35. The fraction of sp³-hybridized carbons (Fsp3) is 0.333. The zero-order chi connectivity index (χ0) is 19.6. The van der Waals surface area contributed by atoms with Gasteiger partial charge in [-0.25, -0.2) is 10.2 Å². The number of H-pyrrole nitrogens is 1. The highest BCUT2D eigenvalue weighted by atomic mass is 16.3. The summed E-state index contributed by atoms with van der Waals surface area (Å²) < 4.78 is 3.05. The fourth-order valence-corrected chi connectivity index (χ4v) is 2.75. The molecule has 9 nitrogen and oxygen atoms in total. The van der Waals surface area contributed by atoms with Gasteiger partial charge in [0.15, 0.2) is 11.2 Å². The molecule has 0 radical (unpaired) electrons. The molecular weight excluding hydrogens is 348 g/mol. The number of nitrogens with zero attached hydrogens (tertiary/aromatic N) is 4. The number of phenolic OH excluding ortho intramolecular Hbond substituents is 1. The van der Waals surface area contributed by atoms with E-state index >= 15 is 0 Å². The molecule has 0 aliphatic carbocycles. The van der Waals surface area contributed by atoms with Gasteiger partial charge in [0.25, 0.3) is 5.56 Å². The van der Waals surface area contributed by atoms with Crippen LogP contribution in [0.3, 0.4) is 0 Å². The Labute approximate surface area is 155 Å². The third kappa shape index (κ3) is 3.62. The highest BCUT2D eigenvalue weighted by Gasteiger charge is 2.16. The Morgan fingerprint density at radius 3 is 2.67 bits per heavy atom. The topological polar surface area (TPSA) is 117 Å². The number of anilines is 1. The first kappa shape index (κ1) is 18.4. The molecule has 1 aromatic carbocycles. The number of hydrogen-bond donors (Lipinski definition) is 3. The molecule has 0 bridgehead atoms. The van der Waals surface area contributed by atoms with Crippen molar-refractivity contribution in [1.82, 2.24) is 19.1 Å². The van der Waals surface area contributed by atoms with Crippen LogP contribution in [0.5, 0.6) is 5.75 Å². The predicted octanol–water partition coefficient (Wildman–Crippen LogP) is 1.77. The average molecular weight is 370 g/mol. The van der Waals surface area contributed by atoms with Crippen molar-refractivity contribution in [2.75, 3.05) is 5.43 Å². The van der Waals surface area contributed by atoms with Gasteiger partial charge in [-0.05, 0) is 43.2 Å². The van der Waals surface area contributed by atoms with Crippen molar-refractivity contribution in [3.8, 4) is 5.75 Å². The molecule has 0 unspecified atom stereocenters. The summed E-state index contributed by atoms with van der Waals surface area (Å²) in [6.45, 7) is 4.45. The van der Waals surface area contributed by atoms with Gasteiger partial charge in [0.1, 0.15) is 5.75 Å². The maximum Gasteiger partial charge on any atom is 0.329 e. The molecule has 3 rings (SSSR count). The lowest BCUT2D eigenvalue weighted by Gasteiger charge is -2.08. The Kier molecular flexibility index (Phi) is 5.11. The fourth-order valence-electron chi connectivity index (χ4n) is 2.75. The van der Waals surface area contributed by atoms with E-state index < -0.39 is 11.2 Å². The van der Waals surface area contributed by atoms with E-state index in [-0.39, 0.29) is 5.75 Å². The van der Waals surface area contributed by atoms with Crippen molar-refractivity contribution in [3.05, 3.63) is 50.7 Å². The van der Waals surface area contributed by atoms with Crippen molar-refractivity contribution in [2.45, 2.75) is 33.2 Å². The van der Waals surface area contributed by atoms with Gasteiger partial charge in [-0.3, -0.25) is 14.3 Å². The van der Waals surface area contributed by atoms with Gasteiger partial charge in [0, 0.05) is 13.6 Å². The van der Waals surface area contributed by atoms with Crippen molar-refractivity contribution >= 4 is 22.8 Å². The lowest BCUT2D eigenvalue weighted by atomic mass is 10.1. The molecule has 0 saturated carbocycles. The minimum atomic E-state index is -0.511. The molecule has 0 amide bonds. The van der Waals surface area contributed by atoms with Crippen LogP contribution in [0.15, 0.2) is 39.0 Å². The number of benzene rings is 1. The number of imidazole rings is 1. The van der Waals surface area contributed by atoms with Gasteiger partial charge in [-0.1, -0.05) is 13.3 Å². The van der Waals surface area contributed by atoms with E-state index in [9.17, 15) is 14.7 Å². The molecule has 2 heterocycles. The van der Waals surface area contributed by atoms with E-state index in [1.807, 2.05) is 6.92 Å². The number of fused-ring (bicyclic) bond motifs is 1. The molecule has 0 spiro atoms. The van der Waals surface area contributed by atoms with E-state index in [2.05, 4.69) is 27.4 Å². The Bertz CT molecular complexity index is 1110. The molecule has 9 heteroatoms. The quantitative estimate of drug-likeness (QED) is 0.451. The maximum absolute atomic E-state index is 12.3. The van der Waals surface area contributed by atoms with E-state index in [1.165, 1.54) is 4.57 Å². The number of phenols is 1. The van der Waals surface area contributed by atoms with Crippen molar-refractivity contribution < 1.29 is 5.11 Å². The van der Waals surface area contributed by atoms with Gasteiger partial charge < -0.3 is 9.67 Å². The highest BCUT2D eigenvalue weighted by molar-refractivity contribution is 5.99. The van der Waals surface area contributed by atoms with Crippen LogP contribution in [-0.4, -0.2) is 29.9 Å². The van der Waals surface area contributed by atoms with Crippen LogP contribution in [-0.2, 0) is 13.6 Å². The summed E-state index contributed by atoms with van der Waals surface area (Å²) in [4.78, 5) is 30.9. The van der Waals surface area contributed by atoms with Gasteiger partial charge >= 0.3 is 5.69 Å². The number of nitrogens with one attached hydrogen (secondary N) is 2. The monoisotopic (exact) mass is 370 g/mol. The lowest BCUT2D eigenvalue weighted by molar-refractivity contribution is 0.475. The SMILES string of the molecule is CCCCn1c(NN=C(C)c2ccc(O)cc2)nc2c1c(=O)[nH]c(=O)n2C. The first-order valence-corrected chi connectivity index (χ1v) is 8.71. The molecule has 0 aliphatic rings. The van der Waals surface area contributed by atoms with Crippen molar-refractivity contribution in [1.29, 1.82) is 0 Å². The summed E-state index contributed by atoms with van der Waals surface area (Å²) in [6, 6.07) is 6.68. The number of aromatic amines is 1. The van der Waals surface area contributed by atoms with E-state index in [4.69, 9.17) is 0 Å². The number of hydrazone groups is 1. The van der Waals surface area contributed by atoms with Crippen LogP contribution in [0.4, 0.5) is 5.95 Å². The Morgan fingerprint density at radius 2 is 2.00 bits per heavy atom. The Balaban J connectivity index is 2.05. The second-order valence-corrected chi connectivity index (χ2v) is 6.29. The second-order valence-electron chi connectivity index (χ2n) is 6.29. The van der Waals surface area contributed by atoms with Crippen LogP contribution in [0.2, 0.25) is 0 Å². The largest absolute Gasteiger partial charge is 0.508 e. The minimum Gasteiger partial charge on any atom is -0.508 e. The third-order valence-corrected chi connectivity index (χ3v) is 4.35. The Hall–Kier alpha value is -3.36. The van der Waals surface area contributed by atoms with Crippen molar-refractivity contribution in [3.63, 3.8) is 0 Å². The smallest absolute Gasteiger partial charge is 0.329 e. The number of aryl methyl sites for hydroxylation is 2. The Morgan fingerprint density at radius 1 is 1.30 bits per heavy atom. The van der Waals surface area contributed by atoms with E-state index in [0.29, 0.717) is 29.4 Å². The minimum absolute atomic E-state index is 0.181. The molecule has 0 saturated heterocycles. The van der Waals surface area contributed by atoms with E-state index in [0.717, 1.165) is 18.4 Å². The maximum atomic E-state index is 12.3. The van der Waals surface area contributed by atoms with Gasteiger partial charge in [-0.15, -0.1) is 0 Å². The standard InChI is InChI=1S/C18H22N6O3/c1-4-5-10-24-14-15(23(3)18(27)20-16(14)26)19-17(24)22-21-11(2)12-6-8-13(25)9-7-12/h6-9,25H,4-5,10H2,1-3H3,(H,19,22)(H,20,26,27).